The first-order valence-electron chi connectivity index (χ1n) is 8.42. The molecule has 114 valence electrons. The van der Waals surface area contributed by atoms with Gasteiger partial charge in [0.05, 0.1) is 0 Å². The number of carbonyl (C=O) groups is 1. The van der Waals surface area contributed by atoms with Crippen LogP contribution in [-0.2, 0) is 4.79 Å². The maximum atomic E-state index is 10.3. The molecule has 0 aliphatic carbocycles. The van der Waals surface area contributed by atoms with Crippen molar-refractivity contribution in [3.8, 4) is 0 Å². The molecule has 2 heteroatoms. The van der Waals surface area contributed by atoms with Crippen molar-refractivity contribution in [2.45, 2.75) is 97.3 Å². The SMILES string of the molecule is CCCC(CC)CCCCCCCCCCC(=O)O. The van der Waals surface area contributed by atoms with Crippen molar-refractivity contribution in [2.24, 2.45) is 5.92 Å². The van der Waals surface area contributed by atoms with Crippen LogP contribution >= 0.6 is 0 Å². The Bertz CT molecular complexity index is 201. The first-order valence-corrected chi connectivity index (χ1v) is 8.42. The number of carboxylic acids is 1. The van der Waals surface area contributed by atoms with Crippen molar-refractivity contribution >= 4 is 5.97 Å². The number of hydrogen-bond donors (Lipinski definition) is 1. The molecule has 0 aromatic rings. The first-order chi connectivity index (χ1) is 9.20. The molecule has 0 aliphatic heterocycles. The largest absolute Gasteiger partial charge is 0.481 e. The molecule has 0 bridgehead atoms. The van der Waals surface area contributed by atoms with E-state index in [9.17, 15) is 4.79 Å². The normalized spacial score (nSPS) is 12.5. The average Bonchev–Trinajstić information content (AvgIpc) is 2.39. The molecular weight excluding hydrogens is 236 g/mol. The lowest BCUT2D eigenvalue weighted by molar-refractivity contribution is -0.137. The quantitative estimate of drug-likeness (QED) is 0.405. The van der Waals surface area contributed by atoms with E-state index in [0.29, 0.717) is 6.42 Å². The minimum absolute atomic E-state index is 0.343. The van der Waals surface area contributed by atoms with Crippen molar-refractivity contribution in [1.29, 1.82) is 0 Å². The molecule has 0 aliphatic rings. The van der Waals surface area contributed by atoms with E-state index in [1.54, 1.807) is 0 Å². The molecule has 2 nitrogen and oxygen atoms in total. The van der Waals surface area contributed by atoms with Gasteiger partial charge in [0.2, 0.25) is 0 Å². The van der Waals surface area contributed by atoms with Gasteiger partial charge in [-0.25, -0.2) is 0 Å². The zero-order valence-corrected chi connectivity index (χ0v) is 13.1. The minimum Gasteiger partial charge on any atom is -0.481 e. The summed E-state index contributed by atoms with van der Waals surface area (Å²) < 4.78 is 0. The van der Waals surface area contributed by atoms with Crippen LogP contribution in [0.25, 0.3) is 0 Å². The van der Waals surface area contributed by atoms with Gasteiger partial charge in [-0.3, -0.25) is 4.79 Å². The third-order valence-electron chi connectivity index (χ3n) is 4.03. The zero-order chi connectivity index (χ0) is 14.3. The molecular formula is C17H34O2. The van der Waals surface area contributed by atoms with Crippen LogP contribution in [0.1, 0.15) is 97.3 Å². The molecule has 0 rings (SSSR count). The highest BCUT2D eigenvalue weighted by atomic mass is 16.4. The van der Waals surface area contributed by atoms with Gasteiger partial charge < -0.3 is 5.11 Å². The van der Waals surface area contributed by atoms with Crippen LogP contribution in [0.2, 0.25) is 0 Å². The second-order valence-corrected chi connectivity index (χ2v) is 5.82. The van der Waals surface area contributed by atoms with Crippen LogP contribution in [0.5, 0.6) is 0 Å². The highest BCUT2D eigenvalue weighted by molar-refractivity contribution is 5.66. The lowest BCUT2D eigenvalue weighted by atomic mass is 9.94. The number of unbranched alkanes of at least 4 members (excludes halogenated alkanes) is 7. The summed E-state index contributed by atoms with van der Waals surface area (Å²) in [5.74, 6) is 0.304. The Hall–Kier alpha value is -0.530. The standard InChI is InChI=1S/C17H34O2/c1-3-13-16(4-2)14-11-9-7-5-6-8-10-12-15-17(18)19/h16H,3-15H2,1-2H3,(H,18,19). The summed E-state index contributed by atoms with van der Waals surface area (Å²) in [5, 5.41) is 8.52. The Kier molecular flexibility index (Phi) is 13.5. The predicted octanol–water partition coefficient (Wildman–Crippen LogP) is 5.80. The molecule has 19 heavy (non-hydrogen) atoms. The maximum absolute atomic E-state index is 10.3. The van der Waals surface area contributed by atoms with Gasteiger partial charge in [-0.15, -0.1) is 0 Å². The number of carboxylic acid groups (broad SMARTS) is 1. The van der Waals surface area contributed by atoms with Gasteiger partial charge in [0, 0.05) is 6.42 Å². The summed E-state index contributed by atoms with van der Waals surface area (Å²) in [5.41, 5.74) is 0. The summed E-state index contributed by atoms with van der Waals surface area (Å²) >= 11 is 0. The summed E-state index contributed by atoms with van der Waals surface area (Å²) in [7, 11) is 0. The first kappa shape index (κ1) is 18.5. The monoisotopic (exact) mass is 270 g/mol. The molecule has 1 atom stereocenters. The fourth-order valence-electron chi connectivity index (χ4n) is 2.73. The molecule has 0 aromatic heterocycles. The van der Waals surface area contributed by atoms with Crippen LogP contribution in [0.3, 0.4) is 0 Å². The molecule has 1 unspecified atom stereocenters. The van der Waals surface area contributed by atoms with Gasteiger partial charge in [-0.1, -0.05) is 84.5 Å². The smallest absolute Gasteiger partial charge is 0.303 e. The lowest BCUT2D eigenvalue weighted by Gasteiger charge is -2.12. The summed E-state index contributed by atoms with van der Waals surface area (Å²) in [6.07, 6.45) is 15.7. The molecule has 0 amide bonds. The van der Waals surface area contributed by atoms with Gasteiger partial charge in [0.15, 0.2) is 0 Å². The molecule has 0 heterocycles. The highest BCUT2D eigenvalue weighted by Crippen LogP contribution is 2.19. The third kappa shape index (κ3) is 13.7. The van der Waals surface area contributed by atoms with Crippen LogP contribution in [-0.4, -0.2) is 11.1 Å². The fourth-order valence-corrected chi connectivity index (χ4v) is 2.73. The van der Waals surface area contributed by atoms with Crippen molar-refractivity contribution < 1.29 is 9.90 Å². The van der Waals surface area contributed by atoms with Crippen LogP contribution in [0.15, 0.2) is 0 Å². The lowest BCUT2D eigenvalue weighted by Crippen LogP contribution is -1.98. The van der Waals surface area contributed by atoms with E-state index >= 15 is 0 Å². The van der Waals surface area contributed by atoms with Gasteiger partial charge >= 0.3 is 5.97 Å². The Morgan fingerprint density at radius 1 is 0.842 bits per heavy atom. The van der Waals surface area contributed by atoms with E-state index in [-0.39, 0.29) is 0 Å². The van der Waals surface area contributed by atoms with Crippen molar-refractivity contribution in [3.63, 3.8) is 0 Å². The molecule has 0 fully saturated rings. The van der Waals surface area contributed by atoms with E-state index in [0.717, 1.165) is 18.8 Å². The second-order valence-electron chi connectivity index (χ2n) is 5.82. The van der Waals surface area contributed by atoms with Gasteiger partial charge in [0.1, 0.15) is 0 Å². The Balaban J connectivity index is 3.16. The minimum atomic E-state index is -0.655. The van der Waals surface area contributed by atoms with Crippen molar-refractivity contribution in [1.82, 2.24) is 0 Å². The topological polar surface area (TPSA) is 37.3 Å². The summed E-state index contributed by atoms with van der Waals surface area (Å²) in [6.45, 7) is 4.60. The van der Waals surface area contributed by atoms with Gasteiger partial charge in [-0.2, -0.15) is 0 Å². The van der Waals surface area contributed by atoms with E-state index in [4.69, 9.17) is 5.11 Å². The van der Waals surface area contributed by atoms with Crippen LogP contribution in [0, 0.1) is 5.92 Å². The van der Waals surface area contributed by atoms with Gasteiger partial charge in [-0.05, 0) is 12.3 Å². The highest BCUT2D eigenvalue weighted by Gasteiger charge is 2.04. The average molecular weight is 270 g/mol. The van der Waals surface area contributed by atoms with Gasteiger partial charge in [0.25, 0.3) is 0 Å². The van der Waals surface area contributed by atoms with Crippen LogP contribution in [0.4, 0.5) is 0 Å². The van der Waals surface area contributed by atoms with E-state index in [1.807, 2.05) is 0 Å². The number of aliphatic carboxylic acids is 1. The van der Waals surface area contributed by atoms with E-state index in [2.05, 4.69) is 13.8 Å². The maximum Gasteiger partial charge on any atom is 0.303 e. The Morgan fingerprint density at radius 3 is 1.84 bits per heavy atom. The predicted molar refractivity (Wildman–Crippen MR) is 82.5 cm³/mol. The number of hydrogen-bond acceptors (Lipinski definition) is 1. The van der Waals surface area contributed by atoms with Crippen LogP contribution < -0.4 is 0 Å². The second kappa shape index (κ2) is 13.9. The van der Waals surface area contributed by atoms with Crippen molar-refractivity contribution in [3.05, 3.63) is 0 Å². The van der Waals surface area contributed by atoms with E-state index in [1.165, 1.54) is 64.2 Å². The zero-order valence-electron chi connectivity index (χ0n) is 13.1. The molecule has 1 N–H and O–H groups in total. The molecule has 0 saturated heterocycles. The molecule has 0 spiro atoms. The fraction of sp³-hybridized carbons (Fsp3) is 0.941. The molecule has 0 radical (unpaired) electrons. The summed E-state index contributed by atoms with van der Waals surface area (Å²) in [4.78, 5) is 10.3. The molecule has 0 aromatic carbocycles. The Labute approximate surface area is 120 Å². The molecule has 0 saturated carbocycles. The third-order valence-corrected chi connectivity index (χ3v) is 4.03. The van der Waals surface area contributed by atoms with Crippen molar-refractivity contribution in [2.75, 3.05) is 0 Å². The Morgan fingerprint density at radius 2 is 1.37 bits per heavy atom. The van der Waals surface area contributed by atoms with E-state index < -0.39 is 5.97 Å². The number of rotatable bonds is 14. The summed E-state index contributed by atoms with van der Waals surface area (Å²) in [6, 6.07) is 0.